The summed E-state index contributed by atoms with van der Waals surface area (Å²) in [7, 11) is 0. The van der Waals surface area contributed by atoms with Gasteiger partial charge in [-0.25, -0.2) is 0 Å². The molecule has 1 heterocycles. The van der Waals surface area contributed by atoms with Crippen LogP contribution >= 0.6 is 0 Å². The topological polar surface area (TPSA) is 49.8 Å². The van der Waals surface area contributed by atoms with E-state index in [1.54, 1.807) is 29.2 Å². The first-order valence-corrected chi connectivity index (χ1v) is 9.24. The summed E-state index contributed by atoms with van der Waals surface area (Å²) < 4.78 is 42.2. The number of amides is 1. The van der Waals surface area contributed by atoms with Crippen LogP contribution in [0.15, 0.2) is 42.5 Å². The lowest BCUT2D eigenvalue weighted by molar-refractivity contribution is -0.274. The fourth-order valence-corrected chi connectivity index (χ4v) is 4.07. The zero-order chi connectivity index (χ0) is 20.1. The van der Waals surface area contributed by atoms with Gasteiger partial charge in [-0.1, -0.05) is 37.3 Å². The quantitative estimate of drug-likeness (QED) is 0.807. The monoisotopic (exact) mass is 391 g/mol. The van der Waals surface area contributed by atoms with Crippen LogP contribution in [0.3, 0.4) is 0 Å². The first kappa shape index (κ1) is 18.7. The average Bonchev–Trinajstić information content (AvgIpc) is 3.42. The Labute approximate surface area is 160 Å². The van der Waals surface area contributed by atoms with Crippen molar-refractivity contribution < 1.29 is 27.8 Å². The molecule has 148 valence electrons. The summed E-state index contributed by atoms with van der Waals surface area (Å²) in [6.45, 7) is 2.53. The third-order valence-corrected chi connectivity index (χ3v) is 5.55. The molecule has 1 aliphatic heterocycles. The van der Waals surface area contributed by atoms with Gasteiger partial charge in [-0.2, -0.15) is 0 Å². The van der Waals surface area contributed by atoms with Gasteiger partial charge in [-0.15, -0.1) is 13.2 Å². The lowest BCUT2D eigenvalue weighted by atomic mass is 9.90. The molecular weight excluding hydrogens is 371 g/mol. The van der Waals surface area contributed by atoms with Gasteiger partial charge in [-0.05, 0) is 47.9 Å². The van der Waals surface area contributed by atoms with E-state index in [-0.39, 0.29) is 29.2 Å². The summed E-state index contributed by atoms with van der Waals surface area (Å²) >= 11 is 0. The Morgan fingerprint density at radius 3 is 2.61 bits per heavy atom. The number of anilines is 1. The molecule has 0 bridgehead atoms. The molecule has 0 saturated heterocycles. The van der Waals surface area contributed by atoms with E-state index in [1.807, 2.05) is 13.0 Å². The maximum Gasteiger partial charge on any atom is 0.573 e. The summed E-state index contributed by atoms with van der Waals surface area (Å²) in [4.78, 5) is 14.7. The number of hydrogen-bond acceptors (Lipinski definition) is 3. The zero-order valence-corrected chi connectivity index (χ0v) is 15.2. The highest BCUT2D eigenvalue weighted by atomic mass is 19.4. The Balaban J connectivity index is 1.58. The number of benzene rings is 2. The number of carbonyl (C=O) groups is 1. The Hall–Kier alpha value is -2.70. The van der Waals surface area contributed by atoms with Gasteiger partial charge in [0.15, 0.2) is 0 Å². The van der Waals surface area contributed by atoms with Crippen molar-refractivity contribution in [3.05, 3.63) is 53.6 Å². The number of phenols is 1. The maximum atomic E-state index is 13.1. The fourth-order valence-electron chi connectivity index (χ4n) is 4.07. The summed E-state index contributed by atoms with van der Waals surface area (Å²) in [5.41, 5.74) is 1.83. The molecule has 3 unspecified atom stereocenters. The Morgan fingerprint density at radius 1 is 1.14 bits per heavy atom. The number of phenolic OH excluding ortho intramolecular Hbond substituents is 1. The number of carbonyl (C=O) groups excluding carboxylic acids is 1. The fraction of sp³-hybridized carbons (Fsp3) is 0.381. The second kappa shape index (κ2) is 6.72. The van der Waals surface area contributed by atoms with E-state index in [1.165, 1.54) is 12.1 Å². The Bertz CT molecular complexity index is 912. The summed E-state index contributed by atoms with van der Waals surface area (Å²) in [5.74, 6) is -0.886. The van der Waals surface area contributed by atoms with Gasteiger partial charge in [0.05, 0.1) is 5.69 Å². The molecule has 1 saturated carbocycles. The van der Waals surface area contributed by atoms with Crippen LogP contribution in [0, 0.1) is 5.92 Å². The number of fused-ring (bicyclic) bond motifs is 1. The van der Waals surface area contributed by atoms with Crippen LogP contribution in [0.1, 0.15) is 42.7 Å². The lowest BCUT2D eigenvalue weighted by Gasteiger charge is -2.33. The van der Waals surface area contributed by atoms with E-state index >= 15 is 0 Å². The number of alkyl halides is 3. The van der Waals surface area contributed by atoms with Gasteiger partial charge in [0.2, 0.25) is 5.91 Å². The highest BCUT2D eigenvalue weighted by Gasteiger charge is 2.49. The number of aromatic hydroxyl groups is 1. The molecule has 4 rings (SSSR count). The SMILES string of the molecule is CC1CCN(C(=O)C2CC2c2ccccc2OC(F)(F)F)c2c(O)cccc21. The van der Waals surface area contributed by atoms with Gasteiger partial charge in [-0.3, -0.25) is 4.79 Å². The number of para-hydroxylation sites is 2. The number of nitrogens with zero attached hydrogens (tertiary/aromatic N) is 1. The van der Waals surface area contributed by atoms with Gasteiger partial charge in [0.1, 0.15) is 11.5 Å². The third-order valence-electron chi connectivity index (χ3n) is 5.55. The van der Waals surface area contributed by atoms with Crippen LogP contribution in [0.4, 0.5) is 18.9 Å². The highest BCUT2D eigenvalue weighted by Crippen LogP contribution is 2.53. The lowest BCUT2D eigenvalue weighted by Crippen LogP contribution is -2.37. The molecule has 0 spiro atoms. The molecule has 2 aliphatic rings. The molecule has 0 aromatic heterocycles. The van der Waals surface area contributed by atoms with Crippen molar-refractivity contribution in [3.8, 4) is 11.5 Å². The highest BCUT2D eigenvalue weighted by molar-refractivity contribution is 6.00. The van der Waals surface area contributed by atoms with Crippen LogP contribution in [-0.4, -0.2) is 23.9 Å². The predicted octanol–water partition coefficient (Wildman–Crippen LogP) is 4.93. The maximum absolute atomic E-state index is 13.1. The standard InChI is InChI=1S/C21H20F3NO3/c1-12-9-10-25(19-13(12)6-4-7-17(19)26)20(27)16-11-15(16)14-5-2-3-8-18(14)28-21(22,23)24/h2-8,12,15-16,26H,9-11H2,1H3. The van der Waals surface area contributed by atoms with Crippen LogP contribution < -0.4 is 9.64 Å². The molecule has 1 fully saturated rings. The molecule has 3 atom stereocenters. The molecule has 1 N–H and O–H groups in total. The largest absolute Gasteiger partial charge is 0.573 e. The molecule has 1 amide bonds. The second-order valence-corrected chi connectivity index (χ2v) is 7.43. The number of ether oxygens (including phenoxy) is 1. The van der Waals surface area contributed by atoms with Crippen LogP contribution in [0.2, 0.25) is 0 Å². The van der Waals surface area contributed by atoms with Crippen molar-refractivity contribution in [1.82, 2.24) is 0 Å². The van der Waals surface area contributed by atoms with Crippen LogP contribution in [-0.2, 0) is 4.79 Å². The first-order chi connectivity index (χ1) is 13.3. The summed E-state index contributed by atoms with van der Waals surface area (Å²) in [5, 5.41) is 10.3. The number of halogens is 3. The summed E-state index contributed by atoms with van der Waals surface area (Å²) in [6, 6.07) is 11.2. The molecule has 28 heavy (non-hydrogen) atoms. The number of hydrogen-bond donors (Lipinski definition) is 1. The van der Waals surface area contributed by atoms with E-state index in [0.717, 1.165) is 12.0 Å². The Kier molecular flexibility index (Phi) is 4.48. The molecule has 1 aliphatic carbocycles. The van der Waals surface area contributed by atoms with Crippen molar-refractivity contribution in [1.29, 1.82) is 0 Å². The molecule has 0 radical (unpaired) electrons. The first-order valence-electron chi connectivity index (χ1n) is 9.24. The minimum Gasteiger partial charge on any atom is -0.506 e. The van der Waals surface area contributed by atoms with E-state index in [2.05, 4.69) is 4.74 Å². The van der Waals surface area contributed by atoms with E-state index < -0.39 is 12.3 Å². The van der Waals surface area contributed by atoms with Crippen molar-refractivity contribution in [2.75, 3.05) is 11.4 Å². The molecular formula is C21H20F3NO3. The molecule has 7 heteroatoms. The minimum atomic E-state index is -4.78. The van der Waals surface area contributed by atoms with E-state index in [0.29, 0.717) is 24.2 Å². The molecule has 4 nitrogen and oxygen atoms in total. The van der Waals surface area contributed by atoms with Crippen molar-refractivity contribution in [2.45, 2.75) is 38.0 Å². The smallest absolute Gasteiger partial charge is 0.506 e. The number of rotatable bonds is 3. The molecule has 2 aromatic carbocycles. The predicted molar refractivity (Wildman–Crippen MR) is 97.5 cm³/mol. The van der Waals surface area contributed by atoms with Crippen LogP contribution in [0.25, 0.3) is 0 Å². The third kappa shape index (κ3) is 3.41. The van der Waals surface area contributed by atoms with Crippen molar-refractivity contribution >= 4 is 11.6 Å². The van der Waals surface area contributed by atoms with Crippen molar-refractivity contribution in [3.63, 3.8) is 0 Å². The summed E-state index contributed by atoms with van der Waals surface area (Å²) in [6.07, 6.45) is -3.54. The Morgan fingerprint density at radius 2 is 1.86 bits per heavy atom. The van der Waals surface area contributed by atoms with Gasteiger partial charge < -0.3 is 14.7 Å². The van der Waals surface area contributed by atoms with E-state index in [9.17, 15) is 23.1 Å². The second-order valence-electron chi connectivity index (χ2n) is 7.43. The minimum absolute atomic E-state index is 0.0513. The van der Waals surface area contributed by atoms with Crippen molar-refractivity contribution in [2.24, 2.45) is 5.92 Å². The zero-order valence-electron chi connectivity index (χ0n) is 15.2. The van der Waals surface area contributed by atoms with E-state index in [4.69, 9.17) is 0 Å². The average molecular weight is 391 g/mol. The molecule has 2 aromatic rings. The van der Waals surface area contributed by atoms with Gasteiger partial charge >= 0.3 is 6.36 Å². The van der Waals surface area contributed by atoms with Crippen LogP contribution in [0.5, 0.6) is 11.5 Å². The van der Waals surface area contributed by atoms with Gasteiger partial charge in [0, 0.05) is 12.5 Å². The normalized spacial score (nSPS) is 23.9. The van der Waals surface area contributed by atoms with Gasteiger partial charge in [0.25, 0.3) is 0 Å².